The smallest absolute Gasteiger partial charge is 0.264 e. The predicted octanol–water partition coefficient (Wildman–Crippen LogP) is 2.59. The number of fused-ring (bicyclic) bond motifs is 1. The van der Waals surface area contributed by atoms with Gasteiger partial charge in [0, 0.05) is 5.56 Å². The summed E-state index contributed by atoms with van der Waals surface area (Å²) in [4.78, 5) is 16.9. The van der Waals surface area contributed by atoms with Gasteiger partial charge in [-0.3, -0.25) is 9.36 Å². The van der Waals surface area contributed by atoms with E-state index in [1.165, 1.54) is 64.2 Å². The molecule has 1 N–H and O–H groups in total. The van der Waals surface area contributed by atoms with Crippen LogP contribution in [-0.4, -0.2) is 24.4 Å². The lowest BCUT2D eigenvalue weighted by atomic mass is 10.1. The summed E-state index contributed by atoms with van der Waals surface area (Å²) < 4.78 is 29.5. The van der Waals surface area contributed by atoms with Crippen LogP contribution in [0.25, 0.3) is 16.7 Å². The topological polar surface area (TPSA) is 72.9 Å². The molecule has 0 aliphatic carbocycles. The average Bonchev–Trinajstić information content (AvgIpc) is 3.10. The molecule has 8 heteroatoms. The molecule has 0 fully saturated rings. The maximum absolute atomic E-state index is 13.8. The molecule has 0 aliphatic heterocycles. The highest BCUT2D eigenvalue weighted by Gasteiger charge is 2.16. The van der Waals surface area contributed by atoms with E-state index in [4.69, 9.17) is 0 Å². The van der Waals surface area contributed by atoms with Crippen LogP contribution in [0.15, 0.2) is 65.8 Å². The molecule has 1 atom stereocenters. The Balaban J connectivity index is 1.70. The van der Waals surface area contributed by atoms with Crippen LogP contribution in [0.2, 0.25) is 0 Å². The zero-order chi connectivity index (χ0) is 19.0. The van der Waals surface area contributed by atoms with E-state index in [-0.39, 0.29) is 23.3 Å². The fourth-order valence-electron chi connectivity index (χ4n) is 2.88. The largest absolute Gasteiger partial charge is 0.386 e. The Labute approximate surface area is 152 Å². The SMILES string of the molecule is O=c1c2cnn(-c3ccc(F)cc3)c2ncn1C[C@H](O)c1ccccc1F. The summed E-state index contributed by atoms with van der Waals surface area (Å²) in [5.74, 6) is -0.927. The molecule has 4 rings (SSSR count). The lowest BCUT2D eigenvalue weighted by Gasteiger charge is -2.13. The van der Waals surface area contributed by atoms with Crippen molar-refractivity contribution < 1.29 is 13.9 Å². The Morgan fingerprint density at radius 3 is 2.56 bits per heavy atom. The molecule has 2 aromatic heterocycles. The van der Waals surface area contributed by atoms with Gasteiger partial charge in [0.2, 0.25) is 0 Å². The molecule has 0 amide bonds. The molecule has 0 bridgehead atoms. The van der Waals surface area contributed by atoms with Crippen LogP contribution in [0.3, 0.4) is 0 Å². The van der Waals surface area contributed by atoms with E-state index in [2.05, 4.69) is 10.1 Å². The fourth-order valence-corrected chi connectivity index (χ4v) is 2.88. The first kappa shape index (κ1) is 17.0. The maximum atomic E-state index is 13.8. The summed E-state index contributed by atoms with van der Waals surface area (Å²) in [7, 11) is 0. The predicted molar refractivity (Wildman–Crippen MR) is 94.4 cm³/mol. The fraction of sp³-hybridized carbons (Fsp3) is 0.105. The Morgan fingerprint density at radius 1 is 1.07 bits per heavy atom. The van der Waals surface area contributed by atoms with Gasteiger partial charge in [0.15, 0.2) is 5.65 Å². The third kappa shape index (κ3) is 3.11. The van der Waals surface area contributed by atoms with Gasteiger partial charge in [-0.2, -0.15) is 5.10 Å². The number of nitrogens with zero attached hydrogens (tertiary/aromatic N) is 4. The summed E-state index contributed by atoms with van der Waals surface area (Å²) in [6, 6.07) is 11.5. The minimum Gasteiger partial charge on any atom is -0.386 e. The second-order valence-corrected chi connectivity index (χ2v) is 6.01. The molecule has 0 saturated heterocycles. The maximum Gasteiger partial charge on any atom is 0.264 e. The van der Waals surface area contributed by atoms with Gasteiger partial charge >= 0.3 is 0 Å². The van der Waals surface area contributed by atoms with E-state index in [0.29, 0.717) is 11.3 Å². The van der Waals surface area contributed by atoms with Crippen LogP contribution in [-0.2, 0) is 6.54 Å². The van der Waals surface area contributed by atoms with Crippen molar-refractivity contribution in [2.75, 3.05) is 0 Å². The number of halogens is 2. The van der Waals surface area contributed by atoms with Crippen molar-refractivity contribution in [1.82, 2.24) is 19.3 Å². The summed E-state index contributed by atoms with van der Waals surface area (Å²) >= 11 is 0. The van der Waals surface area contributed by atoms with Crippen LogP contribution < -0.4 is 5.56 Å². The molecule has 2 heterocycles. The Morgan fingerprint density at radius 2 is 1.81 bits per heavy atom. The van der Waals surface area contributed by atoms with Crippen LogP contribution >= 0.6 is 0 Å². The van der Waals surface area contributed by atoms with Crippen LogP contribution in [0.5, 0.6) is 0 Å². The second-order valence-electron chi connectivity index (χ2n) is 6.01. The molecule has 0 spiro atoms. The molecule has 0 saturated carbocycles. The first-order valence-electron chi connectivity index (χ1n) is 8.16. The number of aliphatic hydroxyl groups excluding tert-OH is 1. The quantitative estimate of drug-likeness (QED) is 0.601. The summed E-state index contributed by atoms with van der Waals surface area (Å²) in [5, 5.41) is 14.7. The standard InChI is InChI=1S/C19H14F2N4O2/c20-12-5-7-13(8-6-12)25-18-15(9-23-25)19(27)24(11-22-18)10-17(26)14-3-1-2-4-16(14)21/h1-9,11,17,26H,10H2/t17-/m0/s1. The number of aliphatic hydroxyl groups is 1. The highest BCUT2D eigenvalue weighted by Crippen LogP contribution is 2.19. The minimum absolute atomic E-state index is 0.103. The molecule has 4 aromatic rings. The molecule has 0 unspecified atom stereocenters. The average molecular weight is 368 g/mol. The molecule has 6 nitrogen and oxygen atoms in total. The third-order valence-corrected chi connectivity index (χ3v) is 4.26. The van der Waals surface area contributed by atoms with Crippen LogP contribution in [0.1, 0.15) is 11.7 Å². The zero-order valence-corrected chi connectivity index (χ0v) is 14.0. The normalized spacial score (nSPS) is 12.4. The summed E-state index contributed by atoms with van der Waals surface area (Å²) in [6.07, 6.45) is 1.44. The van der Waals surface area contributed by atoms with Crippen molar-refractivity contribution in [3.63, 3.8) is 0 Å². The number of hydrogen-bond acceptors (Lipinski definition) is 4. The Hall–Kier alpha value is -3.39. The number of rotatable bonds is 4. The van der Waals surface area contributed by atoms with E-state index >= 15 is 0 Å². The van der Waals surface area contributed by atoms with E-state index in [1.54, 1.807) is 6.07 Å². The molecule has 0 radical (unpaired) electrons. The van der Waals surface area contributed by atoms with E-state index in [9.17, 15) is 18.7 Å². The van der Waals surface area contributed by atoms with Gasteiger partial charge in [0.05, 0.1) is 24.5 Å². The van der Waals surface area contributed by atoms with Crippen molar-refractivity contribution in [1.29, 1.82) is 0 Å². The van der Waals surface area contributed by atoms with Gasteiger partial charge in [-0.05, 0) is 30.3 Å². The van der Waals surface area contributed by atoms with Crippen molar-refractivity contribution >= 4 is 11.0 Å². The molecule has 27 heavy (non-hydrogen) atoms. The number of aromatic nitrogens is 4. The molecule has 0 aliphatic rings. The minimum atomic E-state index is -1.20. The molecule has 2 aromatic carbocycles. The van der Waals surface area contributed by atoms with Crippen molar-refractivity contribution in [2.45, 2.75) is 12.6 Å². The van der Waals surface area contributed by atoms with Gasteiger partial charge in [0.25, 0.3) is 5.56 Å². The van der Waals surface area contributed by atoms with Crippen molar-refractivity contribution in [3.05, 3.63) is 88.6 Å². The highest BCUT2D eigenvalue weighted by atomic mass is 19.1. The first-order valence-corrected chi connectivity index (χ1v) is 8.16. The number of benzene rings is 2. The summed E-state index contributed by atoms with van der Waals surface area (Å²) in [6.45, 7) is -0.148. The second kappa shape index (κ2) is 6.73. The molecular formula is C19H14F2N4O2. The lowest BCUT2D eigenvalue weighted by molar-refractivity contribution is 0.150. The summed E-state index contributed by atoms with van der Waals surface area (Å²) in [5.41, 5.74) is 0.556. The molecular weight excluding hydrogens is 354 g/mol. The molecule has 136 valence electrons. The van der Waals surface area contributed by atoms with Gasteiger partial charge < -0.3 is 5.11 Å². The van der Waals surface area contributed by atoms with Crippen molar-refractivity contribution in [3.8, 4) is 5.69 Å². The highest BCUT2D eigenvalue weighted by molar-refractivity contribution is 5.74. The van der Waals surface area contributed by atoms with Gasteiger partial charge in [-0.15, -0.1) is 0 Å². The van der Waals surface area contributed by atoms with E-state index < -0.39 is 17.5 Å². The monoisotopic (exact) mass is 368 g/mol. The van der Waals surface area contributed by atoms with Crippen LogP contribution in [0, 0.1) is 11.6 Å². The van der Waals surface area contributed by atoms with Crippen molar-refractivity contribution in [2.24, 2.45) is 0 Å². The van der Waals surface area contributed by atoms with E-state index in [0.717, 1.165) is 0 Å². The van der Waals surface area contributed by atoms with Gasteiger partial charge in [-0.1, -0.05) is 18.2 Å². The van der Waals surface area contributed by atoms with E-state index in [1.807, 2.05) is 0 Å². The zero-order valence-electron chi connectivity index (χ0n) is 14.0. The first-order chi connectivity index (χ1) is 13.0. The lowest BCUT2D eigenvalue weighted by Crippen LogP contribution is -2.24. The van der Waals surface area contributed by atoms with Crippen LogP contribution in [0.4, 0.5) is 8.78 Å². The Kier molecular flexibility index (Phi) is 4.25. The van der Waals surface area contributed by atoms with Gasteiger partial charge in [0.1, 0.15) is 23.3 Å². The third-order valence-electron chi connectivity index (χ3n) is 4.26. The number of hydrogen-bond donors (Lipinski definition) is 1. The van der Waals surface area contributed by atoms with Gasteiger partial charge in [-0.25, -0.2) is 18.4 Å². The Bertz CT molecular complexity index is 1170.